The fraction of sp³-hybridized carbons (Fsp3) is 0.533. The molecule has 1 aromatic rings. The molecule has 1 aromatic carbocycles. The Bertz CT molecular complexity index is 653. The van der Waals surface area contributed by atoms with Crippen molar-refractivity contribution in [3.05, 3.63) is 28.8 Å². The van der Waals surface area contributed by atoms with Crippen molar-refractivity contribution in [2.45, 2.75) is 56.5 Å². The minimum Gasteiger partial charge on any atom is -0.349 e. The van der Waals surface area contributed by atoms with Crippen molar-refractivity contribution in [2.24, 2.45) is 0 Å². The Hall–Kier alpha value is -1.11. The molecule has 0 saturated heterocycles. The summed E-state index contributed by atoms with van der Waals surface area (Å²) in [5.74, 6) is -0.321. The van der Waals surface area contributed by atoms with Gasteiger partial charge in [0.05, 0.1) is 15.5 Å². The fourth-order valence-corrected chi connectivity index (χ4v) is 4.04. The molecule has 0 radical (unpaired) electrons. The van der Waals surface area contributed by atoms with E-state index in [1.165, 1.54) is 18.2 Å². The molecule has 22 heavy (non-hydrogen) atoms. The molecule has 0 aromatic heterocycles. The average molecular weight is 345 g/mol. The lowest BCUT2D eigenvalue weighted by Crippen LogP contribution is -2.33. The van der Waals surface area contributed by atoms with Crippen LogP contribution in [0.4, 0.5) is 0 Å². The molecule has 122 valence electrons. The third-order valence-electron chi connectivity index (χ3n) is 3.57. The van der Waals surface area contributed by atoms with Gasteiger partial charge < -0.3 is 5.32 Å². The van der Waals surface area contributed by atoms with E-state index in [4.69, 9.17) is 11.6 Å². The van der Waals surface area contributed by atoms with Gasteiger partial charge >= 0.3 is 0 Å². The van der Waals surface area contributed by atoms with Gasteiger partial charge in [0.1, 0.15) is 0 Å². The molecule has 0 atom stereocenters. The summed E-state index contributed by atoms with van der Waals surface area (Å²) in [4.78, 5) is 12.4. The maximum atomic E-state index is 12.3. The van der Waals surface area contributed by atoms with Crippen LogP contribution < -0.4 is 10.0 Å². The van der Waals surface area contributed by atoms with E-state index in [0.29, 0.717) is 0 Å². The average Bonchev–Trinajstić information content (AvgIpc) is 2.90. The highest BCUT2D eigenvalue weighted by Crippen LogP contribution is 2.23. The van der Waals surface area contributed by atoms with Gasteiger partial charge in [-0.05, 0) is 44.9 Å². The van der Waals surface area contributed by atoms with Crippen molar-refractivity contribution >= 4 is 27.5 Å². The van der Waals surface area contributed by atoms with Crippen LogP contribution >= 0.6 is 11.6 Å². The fourth-order valence-electron chi connectivity index (χ4n) is 2.56. The van der Waals surface area contributed by atoms with Gasteiger partial charge in [-0.2, -0.15) is 0 Å². The lowest BCUT2D eigenvalue weighted by Gasteiger charge is -2.14. The first-order valence-corrected chi connectivity index (χ1v) is 9.28. The molecule has 7 heteroatoms. The van der Waals surface area contributed by atoms with E-state index in [2.05, 4.69) is 10.0 Å². The summed E-state index contributed by atoms with van der Waals surface area (Å²) in [5, 5.41) is 3.17. The van der Waals surface area contributed by atoms with Gasteiger partial charge in [-0.1, -0.05) is 24.4 Å². The summed E-state index contributed by atoms with van der Waals surface area (Å²) < 4.78 is 26.9. The van der Waals surface area contributed by atoms with E-state index < -0.39 is 10.0 Å². The normalized spacial score (nSPS) is 16.2. The van der Waals surface area contributed by atoms with Crippen LogP contribution in [0.1, 0.15) is 49.9 Å². The van der Waals surface area contributed by atoms with Gasteiger partial charge in [-0.25, -0.2) is 13.1 Å². The molecule has 0 heterocycles. The molecule has 1 aliphatic rings. The first-order chi connectivity index (χ1) is 10.3. The Kier molecular flexibility index (Phi) is 5.47. The second kappa shape index (κ2) is 6.98. The van der Waals surface area contributed by atoms with Crippen molar-refractivity contribution in [3.63, 3.8) is 0 Å². The van der Waals surface area contributed by atoms with Crippen molar-refractivity contribution < 1.29 is 13.2 Å². The zero-order valence-electron chi connectivity index (χ0n) is 12.7. The van der Waals surface area contributed by atoms with E-state index >= 15 is 0 Å². The van der Waals surface area contributed by atoms with Gasteiger partial charge in [0.15, 0.2) is 0 Å². The maximum absolute atomic E-state index is 12.3. The Morgan fingerprint density at radius 1 is 1.27 bits per heavy atom. The number of nitrogens with one attached hydrogen (secondary N) is 2. The van der Waals surface area contributed by atoms with Crippen LogP contribution in [0.25, 0.3) is 0 Å². The number of hydrogen-bond acceptors (Lipinski definition) is 3. The quantitative estimate of drug-likeness (QED) is 0.862. The summed E-state index contributed by atoms with van der Waals surface area (Å²) in [6.07, 6.45) is 4.11. The first kappa shape index (κ1) is 17.2. The van der Waals surface area contributed by atoms with Crippen molar-refractivity contribution in [2.75, 3.05) is 0 Å². The molecule has 0 unspecified atom stereocenters. The SMILES string of the molecule is CC(C)NS(=O)(=O)c1ccc(Cl)c(C(=O)NC2CCCC2)c1. The zero-order valence-corrected chi connectivity index (χ0v) is 14.3. The number of rotatable bonds is 5. The van der Waals surface area contributed by atoms with Gasteiger partial charge in [0.25, 0.3) is 5.91 Å². The number of amides is 1. The lowest BCUT2D eigenvalue weighted by atomic mass is 10.2. The lowest BCUT2D eigenvalue weighted by molar-refractivity contribution is 0.0938. The molecule has 2 N–H and O–H groups in total. The molecular formula is C15H21ClN2O3S. The summed E-state index contributed by atoms with van der Waals surface area (Å²) in [6, 6.07) is 4.10. The summed E-state index contributed by atoms with van der Waals surface area (Å²) >= 11 is 6.06. The van der Waals surface area contributed by atoms with Crippen molar-refractivity contribution in [1.82, 2.24) is 10.0 Å². The molecular weight excluding hydrogens is 324 g/mol. The summed E-state index contributed by atoms with van der Waals surface area (Å²) in [6.45, 7) is 3.47. The van der Waals surface area contributed by atoms with Crippen LogP contribution in [-0.4, -0.2) is 26.4 Å². The molecule has 1 amide bonds. The van der Waals surface area contributed by atoms with Gasteiger partial charge in [0.2, 0.25) is 10.0 Å². The molecule has 1 saturated carbocycles. The van der Waals surface area contributed by atoms with Gasteiger partial charge in [0, 0.05) is 12.1 Å². The topological polar surface area (TPSA) is 75.3 Å². The predicted molar refractivity (Wildman–Crippen MR) is 86.6 cm³/mol. The van der Waals surface area contributed by atoms with Crippen molar-refractivity contribution in [1.29, 1.82) is 0 Å². The van der Waals surface area contributed by atoms with Crippen LogP contribution in [0.5, 0.6) is 0 Å². The van der Waals surface area contributed by atoms with E-state index in [0.717, 1.165) is 25.7 Å². The molecule has 0 bridgehead atoms. The molecule has 0 aliphatic heterocycles. The number of hydrogen-bond donors (Lipinski definition) is 2. The number of carbonyl (C=O) groups is 1. The van der Waals surface area contributed by atoms with Crippen LogP contribution in [-0.2, 0) is 10.0 Å². The summed E-state index contributed by atoms with van der Waals surface area (Å²) in [7, 11) is -3.65. The minimum atomic E-state index is -3.65. The highest BCUT2D eigenvalue weighted by molar-refractivity contribution is 7.89. The molecule has 1 aliphatic carbocycles. The third kappa shape index (κ3) is 4.21. The highest BCUT2D eigenvalue weighted by atomic mass is 35.5. The predicted octanol–water partition coefficient (Wildman–Crippen LogP) is 2.70. The standard InChI is InChI=1S/C15H21ClN2O3S/c1-10(2)18-22(20,21)12-7-8-14(16)13(9-12)15(19)17-11-5-3-4-6-11/h7-11,18H,3-6H2,1-2H3,(H,17,19). The largest absolute Gasteiger partial charge is 0.349 e. The number of halogens is 1. The highest BCUT2D eigenvalue weighted by Gasteiger charge is 2.22. The second-order valence-corrected chi connectivity index (χ2v) is 7.99. The molecule has 2 rings (SSSR count). The Morgan fingerprint density at radius 2 is 1.91 bits per heavy atom. The summed E-state index contributed by atoms with van der Waals surface area (Å²) in [5.41, 5.74) is 0.195. The van der Waals surface area contributed by atoms with Crippen LogP contribution in [0.3, 0.4) is 0 Å². The number of benzene rings is 1. The number of carbonyl (C=O) groups excluding carboxylic acids is 1. The van der Waals surface area contributed by atoms with Gasteiger partial charge in [-0.15, -0.1) is 0 Å². The van der Waals surface area contributed by atoms with Crippen LogP contribution in [0, 0.1) is 0 Å². The van der Waals surface area contributed by atoms with Crippen molar-refractivity contribution in [3.8, 4) is 0 Å². The maximum Gasteiger partial charge on any atom is 0.253 e. The van der Waals surface area contributed by atoms with E-state index in [1.54, 1.807) is 13.8 Å². The molecule has 1 fully saturated rings. The smallest absolute Gasteiger partial charge is 0.253 e. The Morgan fingerprint density at radius 3 is 2.50 bits per heavy atom. The zero-order chi connectivity index (χ0) is 16.3. The number of sulfonamides is 1. The van der Waals surface area contributed by atoms with Crippen LogP contribution in [0.15, 0.2) is 23.1 Å². The van der Waals surface area contributed by atoms with E-state index in [-0.39, 0.29) is 33.5 Å². The van der Waals surface area contributed by atoms with E-state index in [9.17, 15) is 13.2 Å². The van der Waals surface area contributed by atoms with Crippen LogP contribution in [0.2, 0.25) is 5.02 Å². The Balaban J connectivity index is 2.24. The monoisotopic (exact) mass is 344 g/mol. The van der Waals surface area contributed by atoms with E-state index in [1.807, 2.05) is 0 Å². The third-order valence-corrected chi connectivity index (χ3v) is 5.56. The van der Waals surface area contributed by atoms with Gasteiger partial charge in [-0.3, -0.25) is 4.79 Å². The second-order valence-electron chi connectivity index (χ2n) is 5.87. The molecule has 0 spiro atoms. The minimum absolute atomic E-state index is 0.0437. The Labute approximate surface area is 136 Å². The molecule has 5 nitrogen and oxygen atoms in total. The first-order valence-electron chi connectivity index (χ1n) is 7.42.